The van der Waals surface area contributed by atoms with Crippen molar-refractivity contribution in [1.82, 2.24) is 15.5 Å². The fraction of sp³-hybridized carbons (Fsp3) is 0.727. The number of carbonyl (C=O) groups is 3. The van der Waals surface area contributed by atoms with E-state index in [1.807, 2.05) is 6.92 Å². The quantitative estimate of drug-likeness (QED) is 0.600. The fourth-order valence-electron chi connectivity index (χ4n) is 1.19. The Kier molecular flexibility index (Phi) is 7.50. The van der Waals surface area contributed by atoms with Crippen molar-refractivity contribution in [2.75, 3.05) is 20.6 Å². The number of likely N-dealkylation sites (N-methyl/N-ethyl adjacent to an activating group) is 1. The summed E-state index contributed by atoms with van der Waals surface area (Å²) in [7, 11) is 3.15. The maximum Gasteiger partial charge on any atom is 0.326 e. The van der Waals surface area contributed by atoms with Gasteiger partial charge in [-0.05, 0) is 6.42 Å². The first-order valence-electron chi connectivity index (χ1n) is 5.85. The highest BCUT2D eigenvalue weighted by atomic mass is 16.4. The van der Waals surface area contributed by atoms with E-state index in [-0.39, 0.29) is 12.5 Å². The molecule has 0 fully saturated rings. The summed E-state index contributed by atoms with van der Waals surface area (Å²) in [6.07, 6.45) is 1.95. The first kappa shape index (κ1) is 16.2. The molecular formula is C11H21N3O4. The van der Waals surface area contributed by atoms with Gasteiger partial charge in [-0.2, -0.15) is 0 Å². The van der Waals surface area contributed by atoms with Crippen molar-refractivity contribution in [3.05, 3.63) is 0 Å². The lowest BCUT2D eigenvalue weighted by Gasteiger charge is -2.15. The number of nitrogens with one attached hydrogen (secondary N) is 2. The number of rotatable bonds is 7. The normalized spacial score (nSPS) is 11.5. The minimum Gasteiger partial charge on any atom is -0.480 e. The molecule has 0 aliphatic heterocycles. The van der Waals surface area contributed by atoms with Crippen LogP contribution in [0.5, 0.6) is 0 Å². The van der Waals surface area contributed by atoms with Crippen LogP contribution in [0.3, 0.4) is 0 Å². The molecule has 0 saturated heterocycles. The zero-order valence-electron chi connectivity index (χ0n) is 11.0. The topological polar surface area (TPSA) is 98.7 Å². The number of aliphatic carboxylic acids is 1. The SMILES string of the molecule is CCCCC(NC(=O)NCC(=O)N(C)C)C(=O)O. The summed E-state index contributed by atoms with van der Waals surface area (Å²) in [5.41, 5.74) is 0. The minimum absolute atomic E-state index is 0.154. The summed E-state index contributed by atoms with van der Waals surface area (Å²) in [5, 5.41) is 13.5. The van der Waals surface area contributed by atoms with Gasteiger partial charge in [0.2, 0.25) is 5.91 Å². The Labute approximate surface area is 107 Å². The second kappa shape index (κ2) is 8.32. The molecule has 104 valence electrons. The van der Waals surface area contributed by atoms with Gasteiger partial charge in [-0.3, -0.25) is 4.79 Å². The maximum absolute atomic E-state index is 11.4. The Bertz CT molecular complexity index is 305. The predicted molar refractivity (Wildman–Crippen MR) is 66.2 cm³/mol. The number of carboxylic acid groups (broad SMARTS) is 1. The molecule has 0 aliphatic rings. The van der Waals surface area contributed by atoms with Crippen LogP contribution in [0.15, 0.2) is 0 Å². The largest absolute Gasteiger partial charge is 0.480 e. The number of hydrogen-bond donors (Lipinski definition) is 3. The first-order valence-corrected chi connectivity index (χ1v) is 5.85. The average molecular weight is 259 g/mol. The van der Waals surface area contributed by atoms with Crippen LogP contribution in [0.4, 0.5) is 4.79 Å². The molecule has 0 aliphatic carbocycles. The lowest BCUT2D eigenvalue weighted by atomic mass is 10.1. The molecule has 0 rings (SSSR count). The van der Waals surface area contributed by atoms with Gasteiger partial charge in [-0.1, -0.05) is 19.8 Å². The van der Waals surface area contributed by atoms with Crippen LogP contribution < -0.4 is 10.6 Å². The third-order valence-electron chi connectivity index (χ3n) is 2.35. The second-order valence-electron chi connectivity index (χ2n) is 4.15. The van der Waals surface area contributed by atoms with Gasteiger partial charge >= 0.3 is 12.0 Å². The van der Waals surface area contributed by atoms with E-state index in [1.165, 1.54) is 4.90 Å². The van der Waals surface area contributed by atoms with E-state index < -0.39 is 18.0 Å². The van der Waals surface area contributed by atoms with Crippen molar-refractivity contribution in [2.24, 2.45) is 0 Å². The number of amides is 3. The molecule has 0 bridgehead atoms. The van der Waals surface area contributed by atoms with Crippen molar-refractivity contribution in [3.8, 4) is 0 Å². The van der Waals surface area contributed by atoms with Crippen LogP contribution in [0.1, 0.15) is 26.2 Å². The van der Waals surface area contributed by atoms with Gasteiger partial charge in [0.05, 0.1) is 6.54 Å². The molecular weight excluding hydrogens is 238 g/mol. The zero-order valence-corrected chi connectivity index (χ0v) is 11.0. The summed E-state index contributed by atoms with van der Waals surface area (Å²) in [5.74, 6) is -1.33. The molecule has 0 heterocycles. The summed E-state index contributed by atoms with van der Waals surface area (Å²) < 4.78 is 0. The standard InChI is InChI=1S/C11H21N3O4/c1-4-5-6-8(10(16)17)13-11(18)12-7-9(15)14(2)3/h8H,4-7H2,1-3H3,(H,16,17)(H2,12,13,18). The average Bonchev–Trinajstić information content (AvgIpc) is 2.30. The number of hydrogen-bond acceptors (Lipinski definition) is 3. The van der Waals surface area contributed by atoms with Gasteiger partial charge < -0.3 is 20.6 Å². The van der Waals surface area contributed by atoms with Gasteiger partial charge in [0.15, 0.2) is 0 Å². The van der Waals surface area contributed by atoms with Gasteiger partial charge in [0, 0.05) is 14.1 Å². The Morgan fingerprint density at radius 3 is 2.33 bits per heavy atom. The number of urea groups is 1. The van der Waals surface area contributed by atoms with Crippen LogP contribution in [-0.2, 0) is 9.59 Å². The number of unbranched alkanes of at least 4 members (excludes halogenated alkanes) is 1. The Hall–Kier alpha value is -1.79. The molecule has 0 spiro atoms. The molecule has 3 N–H and O–H groups in total. The van der Waals surface area contributed by atoms with Gasteiger partial charge in [0.1, 0.15) is 6.04 Å². The van der Waals surface area contributed by atoms with Crippen LogP contribution in [0.2, 0.25) is 0 Å². The molecule has 7 heteroatoms. The molecule has 0 aromatic rings. The van der Waals surface area contributed by atoms with E-state index in [9.17, 15) is 14.4 Å². The number of carbonyl (C=O) groups excluding carboxylic acids is 2. The number of carboxylic acids is 1. The Balaban J connectivity index is 4.10. The summed E-state index contributed by atoms with van der Waals surface area (Å²) >= 11 is 0. The van der Waals surface area contributed by atoms with E-state index in [0.717, 1.165) is 6.42 Å². The van der Waals surface area contributed by atoms with Crippen LogP contribution in [0.25, 0.3) is 0 Å². The molecule has 1 unspecified atom stereocenters. The molecule has 0 aromatic heterocycles. The monoisotopic (exact) mass is 259 g/mol. The molecule has 18 heavy (non-hydrogen) atoms. The smallest absolute Gasteiger partial charge is 0.326 e. The second-order valence-corrected chi connectivity index (χ2v) is 4.15. The van der Waals surface area contributed by atoms with Gasteiger partial charge in [0.25, 0.3) is 0 Å². The summed E-state index contributed by atoms with van der Waals surface area (Å²) in [6, 6.07) is -1.56. The van der Waals surface area contributed by atoms with Gasteiger partial charge in [-0.15, -0.1) is 0 Å². The van der Waals surface area contributed by atoms with Crippen LogP contribution in [-0.4, -0.2) is 54.6 Å². The minimum atomic E-state index is -1.07. The first-order chi connectivity index (χ1) is 8.38. The predicted octanol–water partition coefficient (Wildman–Crippen LogP) is 0.0172. The van der Waals surface area contributed by atoms with Gasteiger partial charge in [-0.25, -0.2) is 9.59 Å². The van der Waals surface area contributed by atoms with Crippen LogP contribution in [0, 0.1) is 0 Å². The third kappa shape index (κ3) is 6.72. The maximum atomic E-state index is 11.4. The van der Waals surface area contributed by atoms with E-state index in [1.54, 1.807) is 14.1 Å². The van der Waals surface area contributed by atoms with E-state index >= 15 is 0 Å². The third-order valence-corrected chi connectivity index (χ3v) is 2.35. The highest BCUT2D eigenvalue weighted by Gasteiger charge is 2.19. The van der Waals surface area contributed by atoms with Crippen molar-refractivity contribution in [1.29, 1.82) is 0 Å². The van der Waals surface area contributed by atoms with Crippen molar-refractivity contribution in [3.63, 3.8) is 0 Å². The van der Waals surface area contributed by atoms with E-state index in [0.29, 0.717) is 12.8 Å². The highest BCUT2D eigenvalue weighted by molar-refractivity contribution is 5.86. The molecule has 0 aromatic carbocycles. The Morgan fingerprint density at radius 1 is 1.28 bits per heavy atom. The molecule has 0 radical (unpaired) electrons. The molecule has 3 amide bonds. The van der Waals surface area contributed by atoms with Crippen molar-refractivity contribution in [2.45, 2.75) is 32.2 Å². The van der Waals surface area contributed by atoms with Crippen LogP contribution >= 0.6 is 0 Å². The van der Waals surface area contributed by atoms with Crippen molar-refractivity contribution < 1.29 is 19.5 Å². The van der Waals surface area contributed by atoms with Crippen molar-refractivity contribution >= 4 is 17.9 Å². The lowest BCUT2D eigenvalue weighted by Crippen LogP contribution is -2.48. The summed E-state index contributed by atoms with van der Waals surface area (Å²) in [4.78, 5) is 34.8. The fourth-order valence-corrected chi connectivity index (χ4v) is 1.19. The van der Waals surface area contributed by atoms with E-state index in [4.69, 9.17) is 5.11 Å². The summed E-state index contributed by atoms with van der Waals surface area (Å²) in [6.45, 7) is 1.79. The Morgan fingerprint density at radius 2 is 1.89 bits per heavy atom. The molecule has 1 atom stereocenters. The zero-order chi connectivity index (χ0) is 14.1. The highest BCUT2D eigenvalue weighted by Crippen LogP contribution is 2.00. The molecule has 7 nitrogen and oxygen atoms in total. The molecule has 0 saturated carbocycles. The lowest BCUT2D eigenvalue weighted by molar-refractivity contribution is -0.139. The van der Waals surface area contributed by atoms with E-state index in [2.05, 4.69) is 10.6 Å². The number of nitrogens with zero attached hydrogens (tertiary/aromatic N) is 1.